The van der Waals surface area contributed by atoms with Crippen molar-refractivity contribution in [1.82, 2.24) is 10.6 Å². The van der Waals surface area contributed by atoms with Gasteiger partial charge in [0.25, 0.3) is 0 Å². The summed E-state index contributed by atoms with van der Waals surface area (Å²) in [6, 6.07) is 7.16. The van der Waals surface area contributed by atoms with Gasteiger partial charge >= 0.3 is 12.0 Å². The summed E-state index contributed by atoms with van der Waals surface area (Å²) in [6.07, 6.45) is 3.10. The lowest BCUT2D eigenvalue weighted by Crippen LogP contribution is -2.57. The van der Waals surface area contributed by atoms with Gasteiger partial charge in [-0.05, 0) is 43.4 Å². The second kappa shape index (κ2) is 6.80. The van der Waals surface area contributed by atoms with Crippen LogP contribution in [0.15, 0.2) is 24.3 Å². The van der Waals surface area contributed by atoms with E-state index in [1.54, 1.807) is 0 Å². The zero-order chi connectivity index (χ0) is 15.3. The predicted molar refractivity (Wildman–Crippen MR) is 80.5 cm³/mol. The number of benzene rings is 1. The van der Waals surface area contributed by atoms with E-state index in [0.717, 1.165) is 24.8 Å². The molecule has 1 aliphatic carbocycles. The number of hydrogen-bond acceptors (Lipinski definition) is 2. The van der Waals surface area contributed by atoms with E-state index >= 15 is 0 Å². The first-order chi connectivity index (χ1) is 9.99. The highest BCUT2D eigenvalue weighted by atomic mass is 35.5. The van der Waals surface area contributed by atoms with E-state index in [2.05, 4.69) is 10.6 Å². The first-order valence-electron chi connectivity index (χ1n) is 7.01. The summed E-state index contributed by atoms with van der Waals surface area (Å²) in [5, 5.41) is 15.1. The summed E-state index contributed by atoms with van der Waals surface area (Å²) >= 11 is 5.80. The van der Waals surface area contributed by atoms with Crippen LogP contribution in [-0.2, 0) is 11.2 Å². The monoisotopic (exact) mass is 310 g/mol. The van der Waals surface area contributed by atoms with Gasteiger partial charge in [-0.3, -0.25) is 4.79 Å². The lowest BCUT2D eigenvalue weighted by Gasteiger charge is -2.41. The van der Waals surface area contributed by atoms with Gasteiger partial charge in [-0.25, -0.2) is 4.79 Å². The molecule has 0 aliphatic heterocycles. The van der Waals surface area contributed by atoms with E-state index in [1.165, 1.54) is 0 Å². The van der Waals surface area contributed by atoms with Crippen molar-refractivity contribution in [1.29, 1.82) is 0 Å². The molecule has 6 heteroatoms. The summed E-state index contributed by atoms with van der Waals surface area (Å²) in [5.41, 5.74) is 0.527. The average Bonchev–Trinajstić information content (AvgIpc) is 2.38. The Morgan fingerprint density at radius 3 is 2.43 bits per heavy atom. The van der Waals surface area contributed by atoms with Crippen LogP contribution < -0.4 is 10.6 Å². The van der Waals surface area contributed by atoms with Crippen LogP contribution in [0.4, 0.5) is 4.79 Å². The number of aliphatic carboxylic acids is 1. The van der Waals surface area contributed by atoms with E-state index < -0.39 is 11.5 Å². The molecular weight excluding hydrogens is 292 g/mol. The molecule has 2 rings (SSSR count). The van der Waals surface area contributed by atoms with E-state index in [4.69, 9.17) is 16.7 Å². The summed E-state index contributed by atoms with van der Waals surface area (Å²) in [5.74, 6) is -0.879. The van der Waals surface area contributed by atoms with Crippen LogP contribution in [0.2, 0.25) is 5.02 Å². The van der Waals surface area contributed by atoms with Crippen molar-refractivity contribution in [3.63, 3.8) is 0 Å². The second-order valence-electron chi connectivity index (χ2n) is 5.46. The SMILES string of the molecule is O=C(O)CC1(NC(=O)NCCc2ccc(Cl)cc2)CCC1. The van der Waals surface area contributed by atoms with Gasteiger partial charge in [0.15, 0.2) is 0 Å². The molecule has 1 saturated carbocycles. The van der Waals surface area contributed by atoms with E-state index in [1.807, 2.05) is 24.3 Å². The Morgan fingerprint density at radius 1 is 1.24 bits per heavy atom. The number of carboxylic acids is 1. The molecule has 0 aromatic heterocycles. The van der Waals surface area contributed by atoms with Crippen LogP contribution in [0.1, 0.15) is 31.2 Å². The number of urea groups is 1. The van der Waals surface area contributed by atoms with Gasteiger partial charge in [-0.15, -0.1) is 0 Å². The third kappa shape index (κ3) is 4.63. The highest BCUT2D eigenvalue weighted by Crippen LogP contribution is 2.34. The molecular formula is C15H19ClN2O3. The Kier molecular flexibility index (Phi) is 5.07. The maximum Gasteiger partial charge on any atom is 0.315 e. The van der Waals surface area contributed by atoms with Crippen molar-refractivity contribution in [3.05, 3.63) is 34.9 Å². The minimum absolute atomic E-state index is 0.0163. The largest absolute Gasteiger partial charge is 0.481 e. The molecule has 5 nitrogen and oxygen atoms in total. The molecule has 1 aliphatic rings. The first kappa shape index (κ1) is 15.6. The number of amides is 2. The Bertz CT molecular complexity index is 512. The minimum atomic E-state index is -0.879. The maximum absolute atomic E-state index is 11.8. The minimum Gasteiger partial charge on any atom is -0.481 e. The molecule has 3 N–H and O–H groups in total. The molecule has 0 unspecified atom stereocenters. The van der Waals surface area contributed by atoms with E-state index in [-0.39, 0.29) is 12.5 Å². The summed E-state index contributed by atoms with van der Waals surface area (Å²) in [7, 11) is 0. The number of rotatable bonds is 6. The fourth-order valence-electron chi connectivity index (χ4n) is 2.50. The van der Waals surface area contributed by atoms with Gasteiger partial charge in [0, 0.05) is 11.6 Å². The van der Waals surface area contributed by atoms with Gasteiger partial charge in [0.1, 0.15) is 0 Å². The van der Waals surface area contributed by atoms with Crippen molar-refractivity contribution in [3.8, 4) is 0 Å². The molecule has 1 fully saturated rings. The lowest BCUT2D eigenvalue weighted by atomic mass is 9.74. The Morgan fingerprint density at radius 2 is 1.90 bits per heavy atom. The predicted octanol–water partition coefficient (Wildman–Crippen LogP) is 2.58. The molecule has 1 aromatic rings. The van der Waals surface area contributed by atoms with Gasteiger partial charge in [-0.1, -0.05) is 23.7 Å². The number of halogens is 1. The molecule has 0 radical (unpaired) electrons. The first-order valence-corrected chi connectivity index (χ1v) is 7.39. The number of carbonyl (C=O) groups excluding carboxylic acids is 1. The third-order valence-corrected chi connectivity index (χ3v) is 4.04. The topological polar surface area (TPSA) is 78.4 Å². The quantitative estimate of drug-likeness (QED) is 0.755. The van der Waals surface area contributed by atoms with Crippen LogP contribution in [0.5, 0.6) is 0 Å². The van der Waals surface area contributed by atoms with Crippen molar-refractivity contribution in [2.24, 2.45) is 0 Å². The molecule has 0 heterocycles. The fourth-order valence-corrected chi connectivity index (χ4v) is 2.62. The van der Waals surface area contributed by atoms with Crippen LogP contribution in [0.25, 0.3) is 0 Å². The van der Waals surface area contributed by atoms with Crippen LogP contribution >= 0.6 is 11.6 Å². The lowest BCUT2D eigenvalue weighted by molar-refractivity contribution is -0.139. The number of carboxylic acid groups (broad SMARTS) is 1. The van der Waals surface area contributed by atoms with Crippen molar-refractivity contribution in [2.45, 2.75) is 37.6 Å². The van der Waals surface area contributed by atoms with Crippen LogP contribution in [0.3, 0.4) is 0 Å². The highest BCUT2D eigenvalue weighted by molar-refractivity contribution is 6.30. The molecule has 0 saturated heterocycles. The molecule has 114 valence electrons. The molecule has 0 atom stereocenters. The third-order valence-electron chi connectivity index (χ3n) is 3.79. The molecule has 1 aromatic carbocycles. The van der Waals surface area contributed by atoms with E-state index in [9.17, 15) is 9.59 Å². The Hall–Kier alpha value is -1.75. The molecule has 0 spiro atoms. The van der Waals surface area contributed by atoms with Crippen molar-refractivity contribution >= 4 is 23.6 Å². The second-order valence-corrected chi connectivity index (χ2v) is 5.90. The van der Waals surface area contributed by atoms with Crippen molar-refractivity contribution in [2.75, 3.05) is 6.54 Å². The Balaban J connectivity index is 1.74. The molecule has 0 bridgehead atoms. The molecule has 21 heavy (non-hydrogen) atoms. The van der Waals surface area contributed by atoms with Gasteiger partial charge < -0.3 is 15.7 Å². The van der Waals surface area contributed by atoms with E-state index in [0.29, 0.717) is 18.0 Å². The van der Waals surface area contributed by atoms with Crippen molar-refractivity contribution < 1.29 is 14.7 Å². The average molecular weight is 311 g/mol. The van der Waals surface area contributed by atoms with Gasteiger partial charge in [0.05, 0.1) is 12.0 Å². The smallest absolute Gasteiger partial charge is 0.315 e. The summed E-state index contributed by atoms with van der Waals surface area (Å²) < 4.78 is 0. The summed E-state index contributed by atoms with van der Waals surface area (Å²) in [6.45, 7) is 0.497. The van der Waals surface area contributed by atoms with Gasteiger partial charge in [0.2, 0.25) is 0 Å². The standard InChI is InChI=1S/C15H19ClN2O3/c16-12-4-2-11(3-5-12)6-9-17-14(21)18-15(7-1-8-15)10-13(19)20/h2-5H,1,6-10H2,(H,19,20)(H2,17,18,21). The number of nitrogens with one attached hydrogen (secondary N) is 2. The van der Waals surface area contributed by atoms with Gasteiger partial charge in [-0.2, -0.15) is 0 Å². The number of carbonyl (C=O) groups is 2. The highest BCUT2D eigenvalue weighted by Gasteiger charge is 2.40. The zero-order valence-corrected chi connectivity index (χ0v) is 12.4. The maximum atomic E-state index is 11.8. The van der Waals surface area contributed by atoms with Crippen LogP contribution in [-0.4, -0.2) is 29.2 Å². The van der Waals surface area contributed by atoms with Crippen LogP contribution in [0, 0.1) is 0 Å². The zero-order valence-electron chi connectivity index (χ0n) is 11.7. The molecule has 2 amide bonds. The Labute approximate surface area is 128 Å². The summed E-state index contributed by atoms with van der Waals surface area (Å²) in [4.78, 5) is 22.7. The normalized spacial score (nSPS) is 15.9. The number of hydrogen-bond donors (Lipinski definition) is 3. The fraction of sp³-hybridized carbons (Fsp3) is 0.467.